The van der Waals surface area contributed by atoms with Gasteiger partial charge in [0.15, 0.2) is 0 Å². The largest absolute Gasteiger partial charge is 0.356 e. The Morgan fingerprint density at radius 1 is 1.16 bits per heavy atom. The zero-order valence-corrected chi connectivity index (χ0v) is 15.3. The molecule has 0 spiro atoms. The molecule has 0 radical (unpaired) electrons. The summed E-state index contributed by atoms with van der Waals surface area (Å²) in [6, 6.07) is 10.3. The van der Waals surface area contributed by atoms with E-state index in [4.69, 9.17) is 5.73 Å². The van der Waals surface area contributed by atoms with E-state index in [0.717, 1.165) is 25.9 Å². The lowest BCUT2D eigenvalue weighted by Crippen LogP contribution is -2.31. The van der Waals surface area contributed by atoms with Crippen LogP contribution in [0, 0.1) is 11.8 Å². The minimum Gasteiger partial charge on any atom is -0.356 e. The van der Waals surface area contributed by atoms with Crippen LogP contribution < -0.4 is 11.1 Å². The maximum atomic E-state index is 12.4. The van der Waals surface area contributed by atoms with Crippen LogP contribution in [-0.2, 0) is 9.59 Å². The van der Waals surface area contributed by atoms with Gasteiger partial charge in [-0.1, -0.05) is 30.3 Å². The number of nitrogens with zero attached hydrogens (tertiary/aromatic N) is 1. The summed E-state index contributed by atoms with van der Waals surface area (Å²) in [5.41, 5.74) is 7.19. The van der Waals surface area contributed by atoms with Crippen LogP contribution in [0.1, 0.15) is 37.2 Å². The molecule has 0 bridgehead atoms. The molecule has 2 fully saturated rings. The van der Waals surface area contributed by atoms with Crippen molar-refractivity contribution in [2.45, 2.75) is 31.6 Å². The first kappa shape index (κ1) is 19.7. The zero-order chi connectivity index (χ0) is 16.9. The fourth-order valence-corrected chi connectivity index (χ4v) is 3.49. The van der Waals surface area contributed by atoms with Gasteiger partial charge in [0.05, 0.1) is 0 Å². The molecule has 1 saturated carbocycles. The first-order valence-electron chi connectivity index (χ1n) is 8.99. The van der Waals surface area contributed by atoms with Gasteiger partial charge >= 0.3 is 0 Å². The number of benzene rings is 1. The second kappa shape index (κ2) is 9.20. The second-order valence-corrected chi connectivity index (χ2v) is 6.98. The lowest BCUT2D eigenvalue weighted by atomic mass is 9.89. The highest BCUT2D eigenvalue weighted by molar-refractivity contribution is 5.85. The van der Waals surface area contributed by atoms with Crippen molar-refractivity contribution in [1.29, 1.82) is 0 Å². The van der Waals surface area contributed by atoms with Gasteiger partial charge in [-0.15, -0.1) is 12.4 Å². The summed E-state index contributed by atoms with van der Waals surface area (Å²) in [5.74, 6) is 1.21. The van der Waals surface area contributed by atoms with Crippen molar-refractivity contribution in [3.05, 3.63) is 35.9 Å². The normalized spacial score (nSPS) is 22.4. The van der Waals surface area contributed by atoms with E-state index in [-0.39, 0.29) is 30.1 Å². The van der Waals surface area contributed by atoms with Crippen LogP contribution in [0.15, 0.2) is 30.3 Å². The van der Waals surface area contributed by atoms with Crippen LogP contribution >= 0.6 is 12.4 Å². The van der Waals surface area contributed by atoms with Gasteiger partial charge in [-0.2, -0.15) is 0 Å². The molecule has 6 heteroatoms. The maximum Gasteiger partial charge on any atom is 0.223 e. The Balaban J connectivity index is 0.00000225. The monoisotopic (exact) mass is 365 g/mol. The van der Waals surface area contributed by atoms with Crippen molar-refractivity contribution in [3.8, 4) is 0 Å². The topological polar surface area (TPSA) is 75.4 Å². The summed E-state index contributed by atoms with van der Waals surface area (Å²) >= 11 is 0. The Bertz CT molecular complexity index is 577. The number of carbonyl (C=O) groups is 2. The molecule has 1 saturated heterocycles. The van der Waals surface area contributed by atoms with Crippen molar-refractivity contribution in [1.82, 2.24) is 10.2 Å². The van der Waals surface area contributed by atoms with Crippen molar-refractivity contribution >= 4 is 24.2 Å². The van der Waals surface area contributed by atoms with E-state index in [1.165, 1.54) is 5.56 Å². The molecule has 3 N–H and O–H groups in total. The van der Waals surface area contributed by atoms with Gasteiger partial charge in [-0.25, -0.2) is 0 Å². The number of hydrogen-bond acceptors (Lipinski definition) is 3. The van der Waals surface area contributed by atoms with Crippen LogP contribution in [0.5, 0.6) is 0 Å². The Morgan fingerprint density at radius 2 is 1.88 bits per heavy atom. The highest BCUT2D eigenvalue weighted by atomic mass is 35.5. The molecule has 0 unspecified atom stereocenters. The van der Waals surface area contributed by atoms with Gasteiger partial charge < -0.3 is 16.0 Å². The molecule has 1 aromatic rings. The van der Waals surface area contributed by atoms with E-state index in [9.17, 15) is 9.59 Å². The summed E-state index contributed by atoms with van der Waals surface area (Å²) in [4.78, 5) is 26.0. The first-order chi connectivity index (χ1) is 11.7. The average Bonchev–Trinajstić information content (AvgIpc) is 3.37. The van der Waals surface area contributed by atoms with E-state index in [2.05, 4.69) is 17.4 Å². The van der Waals surface area contributed by atoms with E-state index < -0.39 is 0 Å². The molecular formula is C19H28ClN3O2. The molecule has 1 aliphatic carbocycles. The molecule has 2 atom stereocenters. The van der Waals surface area contributed by atoms with Gasteiger partial charge in [0.25, 0.3) is 0 Å². The first-order valence-corrected chi connectivity index (χ1v) is 8.99. The zero-order valence-electron chi connectivity index (χ0n) is 14.5. The standard InChI is InChI=1S/C19H27N3O2.ClH/c20-11-16-12-22(13-17(16)14-5-2-1-3-6-14)18(23)7-4-10-21-19(24)15-8-9-15;/h1-3,5-6,15-17H,4,7-13,20H2,(H,21,24);1H/t16-,17+;/m1./s1. The van der Waals surface area contributed by atoms with E-state index in [0.29, 0.717) is 37.8 Å². The summed E-state index contributed by atoms with van der Waals surface area (Å²) in [5, 5.41) is 2.92. The number of halogens is 1. The van der Waals surface area contributed by atoms with Crippen LogP contribution in [0.25, 0.3) is 0 Å². The smallest absolute Gasteiger partial charge is 0.223 e. The molecule has 1 aromatic carbocycles. The molecule has 0 aromatic heterocycles. The highest BCUT2D eigenvalue weighted by Gasteiger charge is 2.35. The van der Waals surface area contributed by atoms with Crippen LogP contribution in [0.2, 0.25) is 0 Å². The Hall–Kier alpha value is -1.59. The molecule has 3 rings (SSSR count). The molecular weight excluding hydrogens is 338 g/mol. The molecule has 5 nitrogen and oxygen atoms in total. The number of carbonyl (C=O) groups excluding carboxylic acids is 2. The number of hydrogen-bond donors (Lipinski definition) is 2. The van der Waals surface area contributed by atoms with Crippen LogP contribution in [-0.4, -0.2) is 42.9 Å². The van der Waals surface area contributed by atoms with Gasteiger partial charge in [-0.3, -0.25) is 9.59 Å². The Kier molecular flexibility index (Phi) is 7.26. The van der Waals surface area contributed by atoms with E-state index in [1.54, 1.807) is 0 Å². The van der Waals surface area contributed by atoms with E-state index >= 15 is 0 Å². The number of nitrogens with two attached hydrogens (primary N) is 1. The molecule has 25 heavy (non-hydrogen) atoms. The van der Waals surface area contributed by atoms with Gasteiger partial charge in [0, 0.05) is 37.9 Å². The maximum absolute atomic E-state index is 12.4. The predicted octanol–water partition coefficient (Wildman–Crippen LogP) is 1.92. The third kappa shape index (κ3) is 5.19. The van der Waals surface area contributed by atoms with Crippen molar-refractivity contribution in [3.63, 3.8) is 0 Å². The van der Waals surface area contributed by atoms with Crippen molar-refractivity contribution in [2.24, 2.45) is 17.6 Å². The molecule has 2 aliphatic rings. The molecule has 1 aliphatic heterocycles. The van der Waals surface area contributed by atoms with Crippen LogP contribution in [0.4, 0.5) is 0 Å². The molecule has 1 heterocycles. The quantitative estimate of drug-likeness (QED) is 0.725. The number of rotatable bonds is 7. The lowest BCUT2D eigenvalue weighted by molar-refractivity contribution is -0.130. The van der Waals surface area contributed by atoms with Gasteiger partial charge in [0.2, 0.25) is 11.8 Å². The number of likely N-dealkylation sites (tertiary alicyclic amines) is 1. The van der Waals surface area contributed by atoms with Crippen molar-refractivity contribution in [2.75, 3.05) is 26.2 Å². The number of nitrogens with one attached hydrogen (secondary N) is 1. The molecule has 2 amide bonds. The Morgan fingerprint density at radius 3 is 2.52 bits per heavy atom. The Labute approximate surface area is 155 Å². The van der Waals surface area contributed by atoms with Crippen molar-refractivity contribution < 1.29 is 9.59 Å². The summed E-state index contributed by atoms with van der Waals surface area (Å²) in [7, 11) is 0. The van der Waals surface area contributed by atoms with E-state index in [1.807, 2.05) is 23.1 Å². The lowest BCUT2D eigenvalue weighted by Gasteiger charge is -2.17. The molecule has 138 valence electrons. The summed E-state index contributed by atoms with van der Waals surface area (Å²) in [6.45, 7) is 2.68. The van der Waals surface area contributed by atoms with Crippen LogP contribution in [0.3, 0.4) is 0 Å². The predicted molar refractivity (Wildman–Crippen MR) is 101 cm³/mol. The number of amides is 2. The van der Waals surface area contributed by atoms with Gasteiger partial charge in [0.1, 0.15) is 0 Å². The third-order valence-electron chi connectivity index (χ3n) is 5.14. The highest BCUT2D eigenvalue weighted by Crippen LogP contribution is 2.32. The third-order valence-corrected chi connectivity index (χ3v) is 5.14. The fraction of sp³-hybridized carbons (Fsp3) is 0.579. The minimum absolute atomic E-state index is 0. The van der Waals surface area contributed by atoms with Gasteiger partial charge in [-0.05, 0) is 37.3 Å². The SMILES string of the molecule is Cl.NC[C@@H]1CN(C(=O)CCCNC(=O)C2CC2)C[C@H]1c1ccccc1. The average molecular weight is 366 g/mol. The summed E-state index contributed by atoms with van der Waals surface area (Å²) in [6.07, 6.45) is 3.22. The minimum atomic E-state index is 0. The fourth-order valence-electron chi connectivity index (χ4n) is 3.49. The summed E-state index contributed by atoms with van der Waals surface area (Å²) < 4.78 is 0. The second-order valence-electron chi connectivity index (χ2n) is 6.98.